The number of alkyl halides is 3. The van der Waals surface area contributed by atoms with Gasteiger partial charge in [0, 0.05) is 11.8 Å². The van der Waals surface area contributed by atoms with Crippen molar-refractivity contribution in [2.45, 2.75) is 29.8 Å². The molecule has 0 saturated heterocycles. The number of aromatic nitrogens is 1. The number of pyridine rings is 1. The van der Waals surface area contributed by atoms with Crippen molar-refractivity contribution in [1.29, 1.82) is 0 Å². The molecule has 4 rings (SSSR count). The molecule has 1 aliphatic rings. The molecule has 1 aromatic heterocycles. The van der Waals surface area contributed by atoms with Crippen LogP contribution in [0.4, 0.5) is 18.9 Å². The molecule has 10 heteroatoms. The Bertz CT molecular complexity index is 1310. The Morgan fingerprint density at radius 2 is 1.85 bits per heavy atom. The van der Waals surface area contributed by atoms with Crippen molar-refractivity contribution in [1.82, 2.24) is 4.98 Å². The zero-order chi connectivity index (χ0) is 23.8. The second-order valence-corrected chi connectivity index (χ2v) is 9.25. The topological polar surface area (TPSA) is 85.4 Å². The van der Waals surface area contributed by atoms with Crippen LogP contribution >= 0.6 is 0 Å². The maximum absolute atomic E-state index is 13.4. The molecule has 1 N–H and O–H groups in total. The standard InChI is InChI=1S/C23H19F3N2O4S/c1-32-22(29)15-7-9-17(14-5-6-14)21(12-15)33(30,31)28-20-13-16(23(24,25)26)8-10-18(20)19-4-2-3-11-27-19/h2-4,7-14,28H,5-6H2,1H3. The van der Waals surface area contributed by atoms with Gasteiger partial charge in [-0.15, -0.1) is 0 Å². The van der Waals surface area contributed by atoms with Crippen LogP contribution in [-0.2, 0) is 20.9 Å². The molecule has 0 spiro atoms. The number of halogens is 3. The predicted molar refractivity (Wildman–Crippen MR) is 115 cm³/mol. The van der Waals surface area contributed by atoms with E-state index in [1.807, 2.05) is 0 Å². The average molecular weight is 476 g/mol. The molecule has 0 amide bonds. The largest absolute Gasteiger partial charge is 0.465 e. The predicted octanol–water partition coefficient (Wildman–Crippen LogP) is 5.23. The summed E-state index contributed by atoms with van der Waals surface area (Å²) in [6, 6.07) is 11.8. The number of rotatable bonds is 6. The molecule has 0 aliphatic heterocycles. The summed E-state index contributed by atoms with van der Waals surface area (Å²) in [7, 11) is -3.19. The quantitative estimate of drug-likeness (QED) is 0.493. The smallest absolute Gasteiger partial charge is 0.416 e. The van der Waals surface area contributed by atoms with Crippen molar-refractivity contribution in [2.75, 3.05) is 11.8 Å². The number of sulfonamides is 1. The van der Waals surface area contributed by atoms with E-state index in [0.717, 1.165) is 25.0 Å². The summed E-state index contributed by atoms with van der Waals surface area (Å²) < 4.78 is 73.9. The number of anilines is 1. The summed E-state index contributed by atoms with van der Waals surface area (Å²) in [5.41, 5.74) is -0.268. The van der Waals surface area contributed by atoms with Crippen LogP contribution < -0.4 is 4.72 Å². The summed E-state index contributed by atoms with van der Waals surface area (Å²) in [6.07, 6.45) is -1.66. The summed E-state index contributed by atoms with van der Waals surface area (Å²) >= 11 is 0. The molecule has 1 aliphatic carbocycles. The van der Waals surface area contributed by atoms with E-state index in [-0.39, 0.29) is 27.6 Å². The van der Waals surface area contributed by atoms with E-state index in [1.54, 1.807) is 24.3 Å². The van der Waals surface area contributed by atoms with Crippen LogP contribution in [0, 0.1) is 0 Å². The van der Waals surface area contributed by atoms with E-state index in [2.05, 4.69) is 14.4 Å². The Morgan fingerprint density at radius 1 is 1.09 bits per heavy atom. The van der Waals surface area contributed by atoms with Gasteiger partial charge in [0.15, 0.2) is 0 Å². The SMILES string of the molecule is COC(=O)c1ccc(C2CC2)c(S(=O)(=O)Nc2cc(C(F)(F)F)ccc2-c2ccccn2)c1. The van der Waals surface area contributed by atoms with Crippen LogP contribution in [-0.4, -0.2) is 26.5 Å². The molecule has 3 aromatic rings. The molecule has 0 unspecified atom stereocenters. The van der Waals surface area contributed by atoms with Gasteiger partial charge in [0.1, 0.15) is 0 Å². The number of benzene rings is 2. The number of hydrogen-bond donors (Lipinski definition) is 1. The zero-order valence-corrected chi connectivity index (χ0v) is 18.2. The average Bonchev–Trinajstić information content (AvgIpc) is 3.63. The van der Waals surface area contributed by atoms with E-state index >= 15 is 0 Å². The Kier molecular flexibility index (Phi) is 5.87. The minimum Gasteiger partial charge on any atom is -0.465 e. The number of carbonyl (C=O) groups is 1. The minimum atomic E-state index is -4.67. The molecular weight excluding hydrogens is 457 g/mol. The van der Waals surface area contributed by atoms with Crippen LogP contribution in [0.25, 0.3) is 11.3 Å². The maximum atomic E-state index is 13.4. The van der Waals surface area contributed by atoms with Crippen LogP contribution in [0.15, 0.2) is 65.7 Å². The van der Waals surface area contributed by atoms with Gasteiger partial charge in [0.25, 0.3) is 10.0 Å². The third kappa shape index (κ3) is 4.85. The van der Waals surface area contributed by atoms with E-state index in [1.165, 1.54) is 31.5 Å². The van der Waals surface area contributed by atoms with Crippen LogP contribution in [0.3, 0.4) is 0 Å². The van der Waals surface area contributed by atoms with Gasteiger partial charge in [0.05, 0.1) is 34.5 Å². The fourth-order valence-corrected chi connectivity index (χ4v) is 4.89. The number of nitrogens with one attached hydrogen (secondary N) is 1. The van der Waals surface area contributed by atoms with Crippen molar-refractivity contribution in [3.05, 3.63) is 77.5 Å². The van der Waals surface area contributed by atoms with Crippen molar-refractivity contribution >= 4 is 21.7 Å². The van der Waals surface area contributed by atoms with Gasteiger partial charge in [-0.3, -0.25) is 9.71 Å². The molecule has 1 saturated carbocycles. The second kappa shape index (κ2) is 8.51. The Morgan fingerprint density at radius 3 is 2.45 bits per heavy atom. The molecular formula is C23H19F3N2O4S. The highest BCUT2D eigenvalue weighted by atomic mass is 32.2. The lowest BCUT2D eigenvalue weighted by molar-refractivity contribution is -0.137. The highest BCUT2D eigenvalue weighted by molar-refractivity contribution is 7.92. The van der Waals surface area contributed by atoms with E-state index < -0.39 is 27.7 Å². The van der Waals surface area contributed by atoms with Gasteiger partial charge >= 0.3 is 12.1 Å². The monoisotopic (exact) mass is 476 g/mol. The third-order valence-electron chi connectivity index (χ3n) is 5.27. The van der Waals surface area contributed by atoms with E-state index in [0.29, 0.717) is 11.3 Å². The van der Waals surface area contributed by atoms with Crippen LogP contribution in [0.2, 0.25) is 0 Å². The zero-order valence-electron chi connectivity index (χ0n) is 17.4. The molecule has 172 valence electrons. The first-order valence-corrected chi connectivity index (χ1v) is 11.5. The number of esters is 1. The molecule has 0 bridgehead atoms. The van der Waals surface area contributed by atoms with Gasteiger partial charge in [-0.1, -0.05) is 18.2 Å². The first-order chi connectivity index (χ1) is 15.6. The molecule has 6 nitrogen and oxygen atoms in total. The highest BCUT2D eigenvalue weighted by Crippen LogP contribution is 2.44. The fraction of sp³-hybridized carbons (Fsp3) is 0.217. The number of methoxy groups -OCH3 is 1. The first kappa shape index (κ1) is 22.8. The van der Waals surface area contributed by atoms with E-state index in [4.69, 9.17) is 0 Å². The van der Waals surface area contributed by atoms with E-state index in [9.17, 15) is 26.4 Å². The molecule has 0 atom stereocenters. The lowest BCUT2D eigenvalue weighted by Crippen LogP contribution is -2.17. The van der Waals surface area contributed by atoms with Crippen molar-refractivity contribution in [2.24, 2.45) is 0 Å². The summed E-state index contributed by atoms with van der Waals surface area (Å²) in [5, 5.41) is 0. The van der Waals surface area contributed by atoms with Crippen molar-refractivity contribution < 1.29 is 31.1 Å². The number of carbonyl (C=O) groups excluding carboxylic acids is 1. The van der Waals surface area contributed by atoms with Gasteiger partial charge in [-0.25, -0.2) is 13.2 Å². The molecule has 0 radical (unpaired) electrons. The summed E-state index contributed by atoms with van der Waals surface area (Å²) in [6.45, 7) is 0. The molecule has 1 fully saturated rings. The second-order valence-electron chi connectivity index (χ2n) is 7.60. The fourth-order valence-electron chi connectivity index (χ4n) is 3.49. The van der Waals surface area contributed by atoms with Crippen molar-refractivity contribution in [3.8, 4) is 11.3 Å². The third-order valence-corrected chi connectivity index (χ3v) is 6.69. The maximum Gasteiger partial charge on any atom is 0.416 e. The van der Waals surface area contributed by atoms with Crippen LogP contribution in [0.5, 0.6) is 0 Å². The summed E-state index contributed by atoms with van der Waals surface area (Å²) in [4.78, 5) is 15.9. The number of nitrogens with zero attached hydrogens (tertiary/aromatic N) is 1. The van der Waals surface area contributed by atoms with Gasteiger partial charge in [-0.05, 0) is 60.7 Å². The minimum absolute atomic E-state index is 0.0000387. The molecule has 1 heterocycles. The molecule has 33 heavy (non-hydrogen) atoms. The summed E-state index contributed by atoms with van der Waals surface area (Å²) in [5.74, 6) is -0.720. The Hall–Kier alpha value is -3.40. The first-order valence-electron chi connectivity index (χ1n) is 9.98. The number of ether oxygens (including phenoxy) is 1. The Labute approximate surface area is 188 Å². The van der Waals surface area contributed by atoms with Gasteiger partial charge in [-0.2, -0.15) is 13.2 Å². The normalized spacial score (nSPS) is 14.1. The van der Waals surface area contributed by atoms with Crippen molar-refractivity contribution in [3.63, 3.8) is 0 Å². The molecule has 2 aromatic carbocycles. The Balaban J connectivity index is 1.83. The lowest BCUT2D eigenvalue weighted by atomic mass is 10.1. The lowest BCUT2D eigenvalue weighted by Gasteiger charge is -2.17. The number of hydrogen-bond acceptors (Lipinski definition) is 5. The van der Waals surface area contributed by atoms with Gasteiger partial charge < -0.3 is 4.74 Å². The van der Waals surface area contributed by atoms with Gasteiger partial charge in [0.2, 0.25) is 0 Å². The van der Waals surface area contributed by atoms with Crippen LogP contribution in [0.1, 0.15) is 40.2 Å². The highest BCUT2D eigenvalue weighted by Gasteiger charge is 2.34.